The molecule has 2 rings (SSSR count). The molecule has 0 aliphatic heterocycles. The van der Waals surface area contributed by atoms with E-state index in [-0.39, 0.29) is 0 Å². The highest BCUT2D eigenvalue weighted by molar-refractivity contribution is 7.18. The van der Waals surface area contributed by atoms with E-state index in [0.717, 1.165) is 36.0 Å². The van der Waals surface area contributed by atoms with E-state index in [1.165, 1.54) is 11.3 Å². The molecule has 0 saturated heterocycles. The Kier molecular flexibility index (Phi) is 5.31. The van der Waals surface area contributed by atoms with Crippen LogP contribution in [0.5, 0.6) is 5.75 Å². The number of hydrogen-bond donors (Lipinski definition) is 1. The lowest BCUT2D eigenvalue weighted by Crippen LogP contribution is -2.27. The first-order valence-corrected chi connectivity index (χ1v) is 7.59. The Balaban J connectivity index is 1.88. The maximum absolute atomic E-state index is 5.74. The average molecular weight is 292 g/mol. The predicted molar refractivity (Wildman–Crippen MR) is 83.0 cm³/mol. The van der Waals surface area contributed by atoms with Crippen LogP contribution in [0.4, 0.5) is 5.13 Å². The Morgan fingerprint density at radius 3 is 2.40 bits per heavy atom. The highest BCUT2D eigenvalue weighted by Crippen LogP contribution is 2.26. The second-order valence-electron chi connectivity index (χ2n) is 4.35. The largest absolute Gasteiger partial charge is 0.492 e. The van der Waals surface area contributed by atoms with Gasteiger partial charge in [-0.2, -0.15) is 0 Å². The Morgan fingerprint density at radius 1 is 1.15 bits per heavy atom. The zero-order chi connectivity index (χ0) is 14.4. The fourth-order valence-corrected chi connectivity index (χ4v) is 2.49. The van der Waals surface area contributed by atoms with Crippen molar-refractivity contribution in [2.75, 3.05) is 32.0 Å². The summed E-state index contributed by atoms with van der Waals surface area (Å²) in [7, 11) is 0. The van der Waals surface area contributed by atoms with Gasteiger partial charge in [-0.25, -0.2) is 0 Å². The van der Waals surface area contributed by atoms with Crippen molar-refractivity contribution in [3.8, 4) is 16.3 Å². The summed E-state index contributed by atoms with van der Waals surface area (Å²) in [6.07, 6.45) is 0. The summed E-state index contributed by atoms with van der Waals surface area (Å²) in [6, 6.07) is 7.86. The molecule has 20 heavy (non-hydrogen) atoms. The van der Waals surface area contributed by atoms with E-state index >= 15 is 0 Å². The summed E-state index contributed by atoms with van der Waals surface area (Å²) in [5.41, 5.74) is 6.59. The van der Waals surface area contributed by atoms with Crippen LogP contribution in [-0.4, -0.2) is 41.3 Å². The summed E-state index contributed by atoms with van der Waals surface area (Å²) in [4.78, 5) is 2.33. The molecule has 0 spiro atoms. The summed E-state index contributed by atoms with van der Waals surface area (Å²) < 4.78 is 5.74. The van der Waals surface area contributed by atoms with Crippen LogP contribution in [0.15, 0.2) is 24.3 Å². The van der Waals surface area contributed by atoms with Crippen molar-refractivity contribution in [3.63, 3.8) is 0 Å². The van der Waals surface area contributed by atoms with Gasteiger partial charge in [0.05, 0.1) is 0 Å². The number of benzene rings is 1. The summed E-state index contributed by atoms with van der Waals surface area (Å²) in [5.74, 6) is 0.874. The topological polar surface area (TPSA) is 64.3 Å². The molecule has 0 bridgehead atoms. The van der Waals surface area contributed by atoms with Gasteiger partial charge in [-0.1, -0.05) is 25.2 Å². The maximum atomic E-state index is 5.74. The lowest BCUT2D eigenvalue weighted by atomic mass is 10.2. The van der Waals surface area contributed by atoms with Crippen LogP contribution in [0.2, 0.25) is 0 Å². The first-order valence-electron chi connectivity index (χ1n) is 6.77. The Morgan fingerprint density at radius 2 is 1.85 bits per heavy atom. The molecule has 0 aliphatic carbocycles. The number of nitrogens with two attached hydrogens (primary N) is 1. The quantitative estimate of drug-likeness (QED) is 0.849. The van der Waals surface area contributed by atoms with Crippen LogP contribution < -0.4 is 10.5 Å². The third-order valence-corrected chi connectivity index (χ3v) is 3.91. The van der Waals surface area contributed by atoms with E-state index in [9.17, 15) is 0 Å². The second-order valence-corrected chi connectivity index (χ2v) is 5.35. The number of hydrogen-bond acceptors (Lipinski definition) is 6. The molecule has 1 aromatic heterocycles. The first kappa shape index (κ1) is 14.7. The van der Waals surface area contributed by atoms with Gasteiger partial charge in [0.15, 0.2) is 0 Å². The molecule has 5 nitrogen and oxygen atoms in total. The molecule has 0 fully saturated rings. The number of ether oxygens (including phenoxy) is 1. The van der Waals surface area contributed by atoms with Crippen molar-refractivity contribution in [1.82, 2.24) is 15.1 Å². The zero-order valence-electron chi connectivity index (χ0n) is 11.9. The van der Waals surface area contributed by atoms with Crippen molar-refractivity contribution < 1.29 is 4.74 Å². The molecule has 0 radical (unpaired) electrons. The standard InChI is InChI=1S/C14H20N4OS/c1-3-18(4-2)9-10-19-12-7-5-11(6-8-12)13-16-17-14(15)20-13/h5-8H,3-4,9-10H2,1-2H3,(H2,15,17). The zero-order valence-corrected chi connectivity index (χ0v) is 12.7. The third-order valence-electron chi connectivity index (χ3n) is 3.11. The average Bonchev–Trinajstić information content (AvgIpc) is 2.91. The number of aromatic nitrogens is 2. The smallest absolute Gasteiger partial charge is 0.203 e. The molecular weight excluding hydrogens is 272 g/mol. The minimum Gasteiger partial charge on any atom is -0.492 e. The molecule has 0 aliphatic rings. The van der Waals surface area contributed by atoms with Crippen LogP contribution in [0.25, 0.3) is 10.6 Å². The summed E-state index contributed by atoms with van der Waals surface area (Å²) in [6.45, 7) is 8.07. The van der Waals surface area contributed by atoms with Crippen molar-refractivity contribution in [2.24, 2.45) is 0 Å². The molecule has 0 saturated carbocycles. The fraction of sp³-hybridized carbons (Fsp3) is 0.429. The summed E-state index contributed by atoms with van der Waals surface area (Å²) in [5, 5.41) is 9.15. The van der Waals surface area contributed by atoms with Gasteiger partial charge in [-0.15, -0.1) is 10.2 Å². The Labute approximate surface area is 123 Å². The molecule has 2 aromatic rings. The van der Waals surface area contributed by atoms with Gasteiger partial charge in [0.2, 0.25) is 5.13 Å². The fourth-order valence-electron chi connectivity index (χ4n) is 1.88. The van der Waals surface area contributed by atoms with Crippen molar-refractivity contribution in [3.05, 3.63) is 24.3 Å². The monoisotopic (exact) mass is 292 g/mol. The van der Waals surface area contributed by atoms with Gasteiger partial charge in [0.25, 0.3) is 0 Å². The highest BCUT2D eigenvalue weighted by Gasteiger charge is 2.05. The number of nitrogen functional groups attached to an aromatic ring is 1. The van der Waals surface area contributed by atoms with Crippen LogP contribution >= 0.6 is 11.3 Å². The Hall–Kier alpha value is -1.66. The van der Waals surface area contributed by atoms with Crippen LogP contribution in [0.1, 0.15) is 13.8 Å². The van der Waals surface area contributed by atoms with E-state index in [4.69, 9.17) is 10.5 Å². The third kappa shape index (κ3) is 3.91. The lowest BCUT2D eigenvalue weighted by Gasteiger charge is -2.17. The summed E-state index contributed by atoms with van der Waals surface area (Å²) >= 11 is 1.38. The molecule has 6 heteroatoms. The van der Waals surface area contributed by atoms with Gasteiger partial charge in [-0.3, -0.25) is 0 Å². The molecule has 0 unspecified atom stereocenters. The second kappa shape index (κ2) is 7.21. The van der Waals surface area contributed by atoms with Crippen LogP contribution in [0.3, 0.4) is 0 Å². The SMILES string of the molecule is CCN(CC)CCOc1ccc(-c2nnc(N)s2)cc1. The maximum Gasteiger partial charge on any atom is 0.203 e. The van der Waals surface area contributed by atoms with Crippen LogP contribution in [0, 0.1) is 0 Å². The first-order chi connectivity index (χ1) is 9.72. The predicted octanol–water partition coefficient (Wildman–Crippen LogP) is 2.51. The van der Waals surface area contributed by atoms with E-state index in [2.05, 4.69) is 28.9 Å². The number of rotatable bonds is 7. The molecule has 1 heterocycles. The van der Waals surface area contributed by atoms with Crippen molar-refractivity contribution in [1.29, 1.82) is 0 Å². The van der Waals surface area contributed by atoms with E-state index in [1.807, 2.05) is 24.3 Å². The number of anilines is 1. The minimum atomic E-state index is 0.486. The van der Waals surface area contributed by atoms with Gasteiger partial charge < -0.3 is 15.4 Å². The number of nitrogens with zero attached hydrogens (tertiary/aromatic N) is 3. The van der Waals surface area contributed by atoms with Crippen LogP contribution in [-0.2, 0) is 0 Å². The van der Waals surface area contributed by atoms with E-state index in [0.29, 0.717) is 11.7 Å². The van der Waals surface area contributed by atoms with Gasteiger partial charge in [0.1, 0.15) is 17.4 Å². The molecule has 0 amide bonds. The molecule has 2 N–H and O–H groups in total. The van der Waals surface area contributed by atoms with Gasteiger partial charge >= 0.3 is 0 Å². The van der Waals surface area contributed by atoms with Gasteiger partial charge in [0, 0.05) is 12.1 Å². The van der Waals surface area contributed by atoms with E-state index in [1.54, 1.807) is 0 Å². The number of likely N-dealkylation sites (N-methyl/N-ethyl adjacent to an activating group) is 1. The van der Waals surface area contributed by atoms with E-state index < -0.39 is 0 Å². The minimum absolute atomic E-state index is 0.486. The van der Waals surface area contributed by atoms with Crippen molar-refractivity contribution in [2.45, 2.75) is 13.8 Å². The molecular formula is C14H20N4OS. The molecule has 0 atom stereocenters. The van der Waals surface area contributed by atoms with Gasteiger partial charge in [-0.05, 0) is 37.4 Å². The normalized spacial score (nSPS) is 10.9. The molecule has 1 aromatic carbocycles. The lowest BCUT2D eigenvalue weighted by molar-refractivity contribution is 0.223. The Bertz CT molecular complexity index is 522. The van der Waals surface area contributed by atoms with Crippen molar-refractivity contribution >= 4 is 16.5 Å². The highest BCUT2D eigenvalue weighted by atomic mass is 32.1. The molecule has 108 valence electrons.